The number of piperidine rings is 1. The van der Waals surface area contributed by atoms with Crippen molar-refractivity contribution < 1.29 is 9.53 Å². The molecule has 2 saturated heterocycles. The Morgan fingerprint density at radius 3 is 2.85 bits per heavy atom. The molecule has 1 aromatic heterocycles. The Labute approximate surface area is 119 Å². The number of pyridine rings is 1. The summed E-state index contributed by atoms with van der Waals surface area (Å²) in [6, 6.07) is 3.55. The van der Waals surface area contributed by atoms with Crippen molar-refractivity contribution >= 4 is 5.91 Å². The van der Waals surface area contributed by atoms with Gasteiger partial charge < -0.3 is 14.5 Å². The third-order valence-electron chi connectivity index (χ3n) is 4.19. The Morgan fingerprint density at radius 1 is 1.30 bits per heavy atom. The van der Waals surface area contributed by atoms with Crippen LogP contribution in [0.3, 0.4) is 0 Å². The first-order chi connectivity index (χ1) is 9.69. The van der Waals surface area contributed by atoms with E-state index in [4.69, 9.17) is 4.74 Å². The van der Waals surface area contributed by atoms with Crippen LogP contribution in [0.1, 0.15) is 23.2 Å². The molecule has 108 valence electrons. The van der Waals surface area contributed by atoms with Crippen LogP contribution in [0, 0.1) is 0 Å². The zero-order valence-corrected chi connectivity index (χ0v) is 11.9. The van der Waals surface area contributed by atoms with Crippen LogP contribution >= 0.6 is 0 Å². The normalized spacial score (nSPS) is 27.8. The van der Waals surface area contributed by atoms with Gasteiger partial charge in [0.2, 0.25) is 0 Å². The highest BCUT2D eigenvalue weighted by atomic mass is 16.5. The van der Waals surface area contributed by atoms with Crippen LogP contribution in [0.5, 0.6) is 0 Å². The largest absolute Gasteiger partial charge is 0.370 e. The molecule has 0 aromatic carbocycles. The first-order valence-electron chi connectivity index (χ1n) is 7.20. The van der Waals surface area contributed by atoms with Crippen molar-refractivity contribution in [3.05, 3.63) is 30.1 Å². The summed E-state index contributed by atoms with van der Waals surface area (Å²) in [4.78, 5) is 20.7. The van der Waals surface area contributed by atoms with Gasteiger partial charge in [0.1, 0.15) is 0 Å². The van der Waals surface area contributed by atoms with E-state index in [1.54, 1.807) is 24.5 Å². The number of rotatable bonds is 1. The number of likely N-dealkylation sites (tertiary alicyclic amines) is 1. The molecule has 0 aliphatic carbocycles. The number of ether oxygens (including phenoxy) is 1. The molecule has 3 heterocycles. The average Bonchev–Trinajstić information content (AvgIpc) is 2.47. The topological polar surface area (TPSA) is 45.7 Å². The molecule has 2 fully saturated rings. The molecule has 0 N–H and O–H groups in total. The van der Waals surface area contributed by atoms with Crippen molar-refractivity contribution in [3.8, 4) is 0 Å². The molecule has 1 amide bonds. The lowest BCUT2D eigenvalue weighted by atomic mass is 9.90. The molecule has 0 bridgehead atoms. The van der Waals surface area contributed by atoms with Gasteiger partial charge in [-0.1, -0.05) is 0 Å². The summed E-state index contributed by atoms with van der Waals surface area (Å²) in [5.41, 5.74) is 0.537. The van der Waals surface area contributed by atoms with E-state index in [9.17, 15) is 4.79 Å². The molecule has 5 heteroatoms. The van der Waals surface area contributed by atoms with Crippen molar-refractivity contribution in [3.63, 3.8) is 0 Å². The number of carbonyl (C=O) groups excluding carboxylic acids is 1. The average molecular weight is 275 g/mol. The lowest BCUT2D eigenvalue weighted by Crippen LogP contribution is -2.59. The van der Waals surface area contributed by atoms with E-state index in [1.165, 1.54) is 0 Å². The van der Waals surface area contributed by atoms with Crippen LogP contribution in [0.4, 0.5) is 0 Å². The lowest BCUT2D eigenvalue weighted by Gasteiger charge is -2.47. The predicted molar refractivity (Wildman–Crippen MR) is 75.6 cm³/mol. The van der Waals surface area contributed by atoms with Gasteiger partial charge >= 0.3 is 0 Å². The molecule has 1 aromatic rings. The maximum Gasteiger partial charge on any atom is 0.254 e. The first-order valence-corrected chi connectivity index (χ1v) is 7.20. The molecular weight excluding hydrogens is 254 g/mol. The second kappa shape index (κ2) is 5.50. The summed E-state index contributed by atoms with van der Waals surface area (Å²) in [6.45, 7) is 4.15. The summed E-state index contributed by atoms with van der Waals surface area (Å²) in [5.74, 6) is 0.0864. The fourth-order valence-corrected chi connectivity index (χ4v) is 3.23. The van der Waals surface area contributed by atoms with Gasteiger partial charge in [-0.2, -0.15) is 0 Å². The van der Waals surface area contributed by atoms with E-state index >= 15 is 0 Å². The van der Waals surface area contributed by atoms with Crippen molar-refractivity contribution in [2.45, 2.75) is 18.4 Å². The zero-order chi connectivity index (χ0) is 14.0. The van der Waals surface area contributed by atoms with Crippen LogP contribution in [-0.2, 0) is 4.74 Å². The number of aromatic nitrogens is 1. The van der Waals surface area contributed by atoms with Gasteiger partial charge in [-0.25, -0.2) is 0 Å². The summed E-state index contributed by atoms with van der Waals surface area (Å²) >= 11 is 0. The smallest absolute Gasteiger partial charge is 0.254 e. The van der Waals surface area contributed by atoms with Gasteiger partial charge in [0.15, 0.2) is 0 Å². The molecule has 5 nitrogen and oxygen atoms in total. The van der Waals surface area contributed by atoms with E-state index in [0.29, 0.717) is 12.1 Å². The molecule has 1 atom stereocenters. The minimum absolute atomic E-state index is 0.0864. The third-order valence-corrected chi connectivity index (χ3v) is 4.19. The number of likely N-dealkylation sites (N-methyl/N-ethyl adjacent to an activating group) is 1. The lowest BCUT2D eigenvalue weighted by molar-refractivity contribution is -0.129. The molecule has 3 rings (SSSR count). The first kappa shape index (κ1) is 13.5. The SMILES string of the molecule is CN1CCOC2(CCCN(C(=O)c3ccncc3)C2)C1. The maximum atomic E-state index is 12.5. The van der Waals surface area contributed by atoms with Gasteiger partial charge in [-0.05, 0) is 32.0 Å². The summed E-state index contributed by atoms with van der Waals surface area (Å²) < 4.78 is 6.05. The Hall–Kier alpha value is -1.46. The van der Waals surface area contributed by atoms with Gasteiger partial charge in [0, 0.05) is 37.6 Å². The van der Waals surface area contributed by atoms with Crippen molar-refractivity contribution in [2.75, 3.05) is 39.8 Å². The van der Waals surface area contributed by atoms with Gasteiger partial charge in [-0.15, -0.1) is 0 Å². The number of hydrogen-bond acceptors (Lipinski definition) is 4. The molecule has 1 unspecified atom stereocenters. The van der Waals surface area contributed by atoms with Crippen LogP contribution in [0.15, 0.2) is 24.5 Å². The standard InChI is InChI=1S/C15H21N3O2/c1-17-9-10-20-15(11-17)5-2-8-18(12-15)14(19)13-3-6-16-7-4-13/h3-4,6-7H,2,5,8-12H2,1H3. The molecule has 0 saturated carbocycles. The number of amides is 1. The molecular formula is C15H21N3O2. The summed E-state index contributed by atoms with van der Waals surface area (Å²) in [7, 11) is 2.12. The Kier molecular flexibility index (Phi) is 3.72. The second-order valence-electron chi connectivity index (χ2n) is 5.84. The van der Waals surface area contributed by atoms with Crippen molar-refractivity contribution in [1.29, 1.82) is 0 Å². The van der Waals surface area contributed by atoms with E-state index in [1.807, 2.05) is 4.90 Å². The molecule has 1 spiro atoms. The summed E-state index contributed by atoms with van der Waals surface area (Å²) in [6.07, 6.45) is 5.37. The molecule has 2 aliphatic heterocycles. The summed E-state index contributed by atoms with van der Waals surface area (Å²) in [5, 5.41) is 0. The molecule has 20 heavy (non-hydrogen) atoms. The quantitative estimate of drug-likeness (QED) is 0.767. The maximum absolute atomic E-state index is 12.5. The van der Waals surface area contributed by atoms with Crippen LogP contribution in [0.2, 0.25) is 0 Å². The second-order valence-corrected chi connectivity index (χ2v) is 5.84. The third kappa shape index (κ3) is 2.69. The number of morpholine rings is 1. The van der Waals surface area contributed by atoms with Crippen LogP contribution < -0.4 is 0 Å². The van der Waals surface area contributed by atoms with Gasteiger partial charge in [0.05, 0.1) is 18.8 Å². The fourth-order valence-electron chi connectivity index (χ4n) is 3.23. The zero-order valence-electron chi connectivity index (χ0n) is 11.9. The highest BCUT2D eigenvalue weighted by Crippen LogP contribution is 2.29. The fraction of sp³-hybridized carbons (Fsp3) is 0.600. The van der Waals surface area contributed by atoms with Crippen molar-refractivity contribution in [2.24, 2.45) is 0 Å². The van der Waals surface area contributed by atoms with E-state index < -0.39 is 0 Å². The predicted octanol–water partition coefficient (Wildman–Crippen LogP) is 1.02. The Bertz CT molecular complexity index is 475. The Balaban J connectivity index is 1.73. The van der Waals surface area contributed by atoms with Crippen LogP contribution in [-0.4, -0.2) is 66.1 Å². The Morgan fingerprint density at radius 2 is 2.10 bits per heavy atom. The molecule has 0 radical (unpaired) electrons. The minimum atomic E-state index is -0.173. The molecule has 2 aliphatic rings. The van der Waals surface area contributed by atoms with E-state index in [0.717, 1.165) is 39.1 Å². The van der Waals surface area contributed by atoms with E-state index in [-0.39, 0.29) is 11.5 Å². The van der Waals surface area contributed by atoms with E-state index in [2.05, 4.69) is 16.9 Å². The highest BCUT2D eigenvalue weighted by Gasteiger charge is 2.41. The minimum Gasteiger partial charge on any atom is -0.370 e. The number of hydrogen-bond donors (Lipinski definition) is 0. The van der Waals surface area contributed by atoms with Gasteiger partial charge in [0.25, 0.3) is 5.91 Å². The number of nitrogens with zero attached hydrogens (tertiary/aromatic N) is 3. The number of carbonyl (C=O) groups is 1. The monoisotopic (exact) mass is 275 g/mol. The van der Waals surface area contributed by atoms with Crippen LogP contribution in [0.25, 0.3) is 0 Å². The highest BCUT2D eigenvalue weighted by molar-refractivity contribution is 5.94. The van der Waals surface area contributed by atoms with Gasteiger partial charge in [-0.3, -0.25) is 9.78 Å². The van der Waals surface area contributed by atoms with Crippen molar-refractivity contribution in [1.82, 2.24) is 14.8 Å².